The standard InChI is InChI=1S/C22H23N3O4/c1-12-19(20(27)25-22(2,11-26)21(23)28)16-9-14(6-8-18(16)29-12)17-7-5-15(10-24-17)13-3-4-13/h5-10,13,26H,3-4,11H2,1-2H3,(H2,23,28)(H,25,27)/t22-/m0/s1. The predicted molar refractivity (Wildman–Crippen MR) is 108 cm³/mol. The van der Waals surface area contributed by atoms with Gasteiger partial charge in [-0.05, 0) is 62.4 Å². The van der Waals surface area contributed by atoms with Gasteiger partial charge in [-0.15, -0.1) is 0 Å². The molecule has 0 radical (unpaired) electrons. The molecule has 1 aromatic carbocycles. The monoisotopic (exact) mass is 393 g/mol. The summed E-state index contributed by atoms with van der Waals surface area (Å²) in [5, 5.41) is 12.6. The molecule has 1 fully saturated rings. The minimum Gasteiger partial charge on any atom is -0.461 e. The van der Waals surface area contributed by atoms with E-state index in [0.29, 0.717) is 28.2 Å². The van der Waals surface area contributed by atoms with Crippen molar-refractivity contribution in [1.82, 2.24) is 10.3 Å². The zero-order chi connectivity index (χ0) is 20.8. The largest absolute Gasteiger partial charge is 0.461 e. The number of aryl methyl sites for hydroxylation is 1. The lowest BCUT2D eigenvalue weighted by atomic mass is 10.0. The van der Waals surface area contributed by atoms with E-state index >= 15 is 0 Å². The average Bonchev–Trinajstić information content (AvgIpc) is 3.49. The molecular weight excluding hydrogens is 370 g/mol. The van der Waals surface area contributed by atoms with Crippen LogP contribution in [0.2, 0.25) is 0 Å². The van der Waals surface area contributed by atoms with Crippen molar-refractivity contribution in [3.05, 3.63) is 53.4 Å². The lowest BCUT2D eigenvalue weighted by Crippen LogP contribution is -2.57. The summed E-state index contributed by atoms with van der Waals surface area (Å²) in [5.41, 5.74) is 7.53. The number of aliphatic hydroxyl groups excluding tert-OH is 1. The molecule has 1 atom stereocenters. The van der Waals surface area contributed by atoms with Crippen LogP contribution in [-0.4, -0.2) is 34.1 Å². The molecule has 29 heavy (non-hydrogen) atoms. The van der Waals surface area contributed by atoms with Crippen molar-refractivity contribution in [2.45, 2.75) is 38.1 Å². The van der Waals surface area contributed by atoms with Crippen LogP contribution in [0.1, 0.15) is 47.4 Å². The van der Waals surface area contributed by atoms with Crippen molar-refractivity contribution in [1.29, 1.82) is 0 Å². The highest BCUT2D eigenvalue weighted by molar-refractivity contribution is 6.09. The summed E-state index contributed by atoms with van der Waals surface area (Å²) < 4.78 is 5.72. The molecule has 2 amide bonds. The number of fused-ring (bicyclic) bond motifs is 1. The Morgan fingerprint density at radius 3 is 2.66 bits per heavy atom. The van der Waals surface area contributed by atoms with Crippen molar-refractivity contribution >= 4 is 22.8 Å². The highest BCUT2D eigenvalue weighted by atomic mass is 16.3. The zero-order valence-corrected chi connectivity index (χ0v) is 16.4. The first kappa shape index (κ1) is 19.1. The maximum absolute atomic E-state index is 12.9. The van der Waals surface area contributed by atoms with Crippen LogP contribution in [0.3, 0.4) is 0 Å². The Morgan fingerprint density at radius 1 is 1.31 bits per heavy atom. The van der Waals surface area contributed by atoms with E-state index in [4.69, 9.17) is 10.2 Å². The quantitative estimate of drug-likeness (QED) is 0.595. The summed E-state index contributed by atoms with van der Waals surface area (Å²) in [7, 11) is 0. The topological polar surface area (TPSA) is 118 Å². The van der Waals surface area contributed by atoms with E-state index in [1.807, 2.05) is 24.4 Å². The summed E-state index contributed by atoms with van der Waals surface area (Å²) in [6, 6.07) is 9.62. The number of amides is 2. The molecule has 0 spiro atoms. The van der Waals surface area contributed by atoms with E-state index < -0.39 is 24.0 Å². The molecule has 3 aromatic rings. The number of benzene rings is 1. The minimum absolute atomic E-state index is 0.303. The molecule has 0 aliphatic heterocycles. The lowest BCUT2D eigenvalue weighted by Gasteiger charge is -2.24. The van der Waals surface area contributed by atoms with Crippen molar-refractivity contribution in [3.8, 4) is 11.3 Å². The maximum atomic E-state index is 12.9. The molecule has 7 nitrogen and oxygen atoms in total. The van der Waals surface area contributed by atoms with Gasteiger partial charge in [0.25, 0.3) is 5.91 Å². The van der Waals surface area contributed by atoms with Gasteiger partial charge in [-0.1, -0.05) is 6.07 Å². The molecule has 1 aliphatic rings. The second kappa shape index (κ2) is 7.00. The molecule has 1 aliphatic carbocycles. The van der Waals surface area contributed by atoms with Crippen LogP contribution in [-0.2, 0) is 4.79 Å². The van der Waals surface area contributed by atoms with Crippen molar-refractivity contribution in [2.75, 3.05) is 6.61 Å². The first-order valence-corrected chi connectivity index (χ1v) is 9.55. The fourth-order valence-corrected chi connectivity index (χ4v) is 3.39. The number of hydrogen-bond acceptors (Lipinski definition) is 5. The van der Waals surface area contributed by atoms with E-state index in [0.717, 1.165) is 11.3 Å². The smallest absolute Gasteiger partial charge is 0.256 e. The summed E-state index contributed by atoms with van der Waals surface area (Å²) in [6.07, 6.45) is 4.35. The molecule has 2 heterocycles. The van der Waals surface area contributed by atoms with Gasteiger partial charge in [-0.2, -0.15) is 0 Å². The highest BCUT2D eigenvalue weighted by Crippen LogP contribution is 2.40. The van der Waals surface area contributed by atoms with Crippen LogP contribution in [0.5, 0.6) is 0 Å². The minimum atomic E-state index is -1.56. The first-order chi connectivity index (χ1) is 13.8. The van der Waals surface area contributed by atoms with Gasteiger partial charge in [0.2, 0.25) is 5.91 Å². The van der Waals surface area contributed by atoms with Crippen LogP contribution in [0.25, 0.3) is 22.2 Å². The number of aliphatic hydroxyl groups is 1. The number of carbonyl (C=O) groups is 2. The van der Waals surface area contributed by atoms with Gasteiger partial charge in [0, 0.05) is 17.1 Å². The van der Waals surface area contributed by atoms with Crippen LogP contribution in [0.4, 0.5) is 0 Å². The number of nitrogens with one attached hydrogen (secondary N) is 1. The normalized spacial score (nSPS) is 15.8. The first-order valence-electron chi connectivity index (χ1n) is 9.55. The maximum Gasteiger partial charge on any atom is 0.256 e. The van der Waals surface area contributed by atoms with Gasteiger partial charge >= 0.3 is 0 Å². The van der Waals surface area contributed by atoms with Gasteiger partial charge in [-0.25, -0.2) is 0 Å². The van der Waals surface area contributed by atoms with E-state index in [9.17, 15) is 14.7 Å². The van der Waals surface area contributed by atoms with Crippen molar-refractivity contribution < 1.29 is 19.1 Å². The Balaban J connectivity index is 1.71. The van der Waals surface area contributed by atoms with Crippen molar-refractivity contribution in [3.63, 3.8) is 0 Å². The molecule has 4 N–H and O–H groups in total. The molecule has 2 aromatic heterocycles. The second-order valence-electron chi connectivity index (χ2n) is 7.80. The SMILES string of the molecule is Cc1oc2ccc(-c3ccc(C4CC4)cn3)cc2c1C(=O)N[C@@](C)(CO)C(N)=O. The molecule has 1 saturated carbocycles. The molecule has 0 saturated heterocycles. The number of carbonyl (C=O) groups excluding carboxylic acids is 2. The van der Waals surface area contributed by atoms with E-state index in [1.54, 1.807) is 13.0 Å². The van der Waals surface area contributed by atoms with Gasteiger partial charge < -0.3 is 20.6 Å². The van der Waals surface area contributed by atoms with Crippen LogP contribution < -0.4 is 11.1 Å². The molecule has 0 bridgehead atoms. The highest BCUT2D eigenvalue weighted by Gasteiger charge is 2.34. The van der Waals surface area contributed by atoms with E-state index in [-0.39, 0.29) is 0 Å². The number of furan rings is 1. The summed E-state index contributed by atoms with van der Waals surface area (Å²) in [6.45, 7) is 2.45. The number of pyridine rings is 1. The van der Waals surface area contributed by atoms with Crippen LogP contribution in [0, 0.1) is 6.92 Å². The molecular formula is C22H23N3O4. The summed E-state index contributed by atoms with van der Waals surface area (Å²) >= 11 is 0. The fourth-order valence-electron chi connectivity index (χ4n) is 3.39. The van der Waals surface area contributed by atoms with Crippen LogP contribution in [0.15, 0.2) is 40.9 Å². The number of rotatable bonds is 6. The van der Waals surface area contributed by atoms with E-state index in [1.165, 1.54) is 25.3 Å². The number of aromatic nitrogens is 1. The Labute approximate surface area is 167 Å². The molecule has 150 valence electrons. The average molecular weight is 393 g/mol. The Morgan fingerprint density at radius 2 is 2.07 bits per heavy atom. The van der Waals surface area contributed by atoms with Crippen LogP contribution >= 0.6 is 0 Å². The Kier molecular flexibility index (Phi) is 4.62. The summed E-state index contributed by atoms with van der Waals surface area (Å²) in [5.74, 6) is -0.307. The van der Waals surface area contributed by atoms with Gasteiger partial charge in [-0.3, -0.25) is 14.6 Å². The number of primary amides is 1. The Bertz CT molecular complexity index is 1100. The van der Waals surface area contributed by atoms with Gasteiger partial charge in [0.05, 0.1) is 17.9 Å². The lowest BCUT2D eigenvalue weighted by molar-refractivity contribution is -0.124. The number of nitrogens with zero attached hydrogens (tertiary/aromatic N) is 1. The molecule has 0 unspecified atom stereocenters. The predicted octanol–water partition coefficient (Wildman–Crippen LogP) is 2.65. The fraction of sp³-hybridized carbons (Fsp3) is 0.318. The molecule has 7 heteroatoms. The third-order valence-corrected chi connectivity index (χ3v) is 5.47. The second-order valence-corrected chi connectivity index (χ2v) is 7.80. The number of nitrogens with two attached hydrogens (primary N) is 1. The zero-order valence-electron chi connectivity index (χ0n) is 16.4. The third-order valence-electron chi connectivity index (χ3n) is 5.47. The Hall–Kier alpha value is -3.19. The molecule has 4 rings (SSSR count). The third kappa shape index (κ3) is 3.49. The summed E-state index contributed by atoms with van der Waals surface area (Å²) in [4.78, 5) is 29.1. The van der Waals surface area contributed by atoms with Gasteiger partial charge in [0.15, 0.2) is 0 Å². The number of hydrogen-bond donors (Lipinski definition) is 3. The van der Waals surface area contributed by atoms with E-state index in [2.05, 4.69) is 16.4 Å². The van der Waals surface area contributed by atoms with Gasteiger partial charge in [0.1, 0.15) is 16.9 Å². The van der Waals surface area contributed by atoms with Crippen molar-refractivity contribution in [2.24, 2.45) is 5.73 Å².